The lowest BCUT2D eigenvalue weighted by Crippen LogP contribution is -2.43. The van der Waals surface area contributed by atoms with Gasteiger partial charge < -0.3 is 5.11 Å². The summed E-state index contributed by atoms with van der Waals surface area (Å²) in [7, 11) is 0. The number of hydrogen-bond acceptors (Lipinski definition) is 2. The highest BCUT2D eigenvalue weighted by Gasteiger charge is 2.41. The van der Waals surface area contributed by atoms with Gasteiger partial charge in [-0.05, 0) is 44.4 Å². The summed E-state index contributed by atoms with van der Waals surface area (Å²) < 4.78 is 38.4. The van der Waals surface area contributed by atoms with Crippen molar-refractivity contribution in [1.82, 2.24) is 4.90 Å². The molecule has 0 amide bonds. The fourth-order valence-electron chi connectivity index (χ4n) is 2.95. The second-order valence-electron chi connectivity index (χ2n) is 6.02. The molecule has 1 aromatic carbocycles. The van der Waals surface area contributed by atoms with Crippen molar-refractivity contribution in [2.75, 3.05) is 19.6 Å². The van der Waals surface area contributed by atoms with Gasteiger partial charge in [-0.15, -0.1) is 0 Å². The lowest BCUT2D eigenvalue weighted by Gasteiger charge is -2.35. The van der Waals surface area contributed by atoms with Crippen LogP contribution in [-0.2, 0) is 0 Å². The molecule has 1 aliphatic heterocycles. The fourth-order valence-corrected chi connectivity index (χ4v) is 2.95. The molecule has 2 rings (SSSR count). The van der Waals surface area contributed by atoms with E-state index in [2.05, 4.69) is 0 Å². The van der Waals surface area contributed by atoms with E-state index in [1.54, 1.807) is 4.90 Å². The molecular formula is C16H22F3NO. The third kappa shape index (κ3) is 4.20. The topological polar surface area (TPSA) is 23.5 Å². The number of nitrogens with zero attached hydrogens (tertiary/aromatic N) is 1. The fraction of sp³-hybridized carbons (Fsp3) is 0.625. The smallest absolute Gasteiger partial charge is 0.387 e. The molecule has 2 atom stereocenters. The van der Waals surface area contributed by atoms with Crippen molar-refractivity contribution in [3.05, 3.63) is 34.9 Å². The number of benzene rings is 1. The zero-order valence-electron chi connectivity index (χ0n) is 12.5. The number of rotatable bonds is 3. The summed E-state index contributed by atoms with van der Waals surface area (Å²) in [6.07, 6.45) is -4.15. The summed E-state index contributed by atoms with van der Waals surface area (Å²) in [5.74, 6) is -1.27. The van der Waals surface area contributed by atoms with E-state index in [4.69, 9.17) is 0 Å². The standard InChI is InChI=1S/C16H22F3NO/c1-11-5-6-12(2)14(8-11)15(21)10-20-7-3-4-13(9-20)16(17,18)19/h5-6,8,13,15,21H,3-4,7,9-10H2,1-2H3. The van der Waals surface area contributed by atoms with Gasteiger partial charge in [0.15, 0.2) is 0 Å². The molecule has 2 nitrogen and oxygen atoms in total. The van der Waals surface area contributed by atoms with Crippen molar-refractivity contribution in [2.45, 2.75) is 39.0 Å². The largest absolute Gasteiger partial charge is 0.393 e. The SMILES string of the molecule is Cc1ccc(C)c(C(O)CN2CCCC(C(F)(F)F)C2)c1. The highest BCUT2D eigenvalue weighted by molar-refractivity contribution is 5.32. The Labute approximate surface area is 123 Å². The van der Waals surface area contributed by atoms with Crippen LogP contribution in [0.25, 0.3) is 0 Å². The zero-order valence-corrected chi connectivity index (χ0v) is 12.5. The average Bonchev–Trinajstić information content (AvgIpc) is 2.41. The first-order valence-corrected chi connectivity index (χ1v) is 7.31. The van der Waals surface area contributed by atoms with Gasteiger partial charge in [-0.25, -0.2) is 0 Å². The Kier molecular flexibility index (Phi) is 4.94. The van der Waals surface area contributed by atoms with Crippen LogP contribution in [0.3, 0.4) is 0 Å². The van der Waals surface area contributed by atoms with Crippen molar-refractivity contribution in [3.63, 3.8) is 0 Å². The molecule has 5 heteroatoms. The lowest BCUT2D eigenvalue weighted by atomic mass is 9.95. The van der Waals surface area contributed by atoms with Crippen LogP contribution in [-0.4, -0.2) is 35.8 Å². The van der Waals surface area contributed by atoms with Gasteiger partial charge in [0.05, 0.1) is 12.0 Å². The summed E-state index contributed by atoms with van der Waals surface area (Å²) in [6, 6.07) is 5.81. The van der Waals surface area contributed by atoms with Crippen LogP contribution in [0.2, 0.25) is 0 Å². The number of likely N-dealkylation sites (tertiary alicyclic amines) is 1. The van der Waals surface area contributed by atoms with Crippen LogP contribution in [0, 0.1) is 19.8 Å². The third-order valence-corrected chi connectivity index (χ3v) is 4.19. The van der Waals surface area contributed by atoms with E-state index in [1.807, 2.05) is 32.0 Å². The molecule has 118 valence electrons. The van der Waals surface area contributed by atoms with E-state index in [9.17, 15) is 18.3 Å². The highest BCUT2D eigenvalue weighted by atomic mass is 19.4. The summed E-state index contributed by atoms with van der Waals surface area (Å²) in [5.41, 5.74) is 2.82. The number of aryl methyl sites for hydroxylation is 2. The molecule has 1 heterocycles. The Hall–Kier alpha value is -1.07. The van der Waals surface area contributed by atoms with Gasteiger partial charge in [0.1, 0.15) is 0 Å². The van der Waals surface area contributed by atoms with Crippen LogP contribution in [0.1, 0.15) is 35.6 Å². The van der Waals surface area contributed by atoms with Gasteiger partial charge in [0.2, 0.25) is 0 Å². The normalized spacial score (nSPS) is 22.3. The van der Waals surface area contributed by atoms with Crippen molar-refractivity contribution < 1.29 is 18.3 Å². The summed E-state index contributed by atoms with van der Waals surface area (Å²) >= 11 is 0. The number of aliphatic hydroxyl groups is 1. The van der Waals surface area contributed by atoms with Gasteiger partial charge in [-0.1, -0.05) is 23.8 Å². The minimum Gasteiger partial charge on any atom is -0.387 e. The molecule has 1 N–H and O–H groups in total. The molecule has 0 bridgehead atoms. The molecule has 1 aromatic rings. The second kappa shape index (κ2) is 6.36. The molecule has 0 aromatic heterocycles. The van der Waals surface area contributed by atoms with E-state index in [1.165, 1.54) is 0 Å². The molecule has 21 heavy (non-hydrogen) atoms. The maximum atomic E-state index is 12.8. The van der Waals surface area contributed by atoms with Crippen LogP contribution in [0.15, 0.2) is 18.2 Å². The van der Waals surface area contributed by atoms with Crippen LogP contribution in [0.5, 0.6) is 0 Å². The lowest BCUT2D eigenvalue weighted by molar-refractivity contribution is -0.187. The Morgan fingerprint density at radius 3 is 2.71 bits per heavy atom. The van der Waals surface area contributed by atoms with Gasteiger partial charge in [0.25, 0.3) is 0 Å². The van der Waals surface area contributed by atoms with Crippen molar-refractivity contribution in [1.29, 1.82) is 0 Å². The first-order valence-electron chi connectivity index (χ1n) is 7.31. The molecule has 1 aliphatic rings. The molecule has 1 saturated heterocycles. The van der Waals surface area contributed by atoms with Gasteiger partial charge in [-0.2, -0.15) is 13.2 Å². The predicted octanol–water partition coefficient (Wildman–Crippen LogP) is 3.61. The first kappa shape index (κ1) is 16.3. The monoisotopic (exact) mass is 301 g/mol. The van der Waals surface area contributed by atoms with E-state index in [0.29, 0.717) is 13.0 Å². The Bertz CT molecular complexity index is 487. The Balaban J connectivity index is 2.02. The number of piperidine rings is 1. The maximum Gasteiger partial charge on any atom is 0.393 e. The second-order valence-corrected chi connectivity index (χ2v) is 6.02. The number of hydrogen-bond donors (Lipinski definition) is 1. The molecule has 0 spiro atoms. The van der Waals surface area contributed by atoms with Gasteiger partial charge in [-0.3, -0.25) is 4.90 Å². The maximum absolute atomic E-state index is 12.8. The van der Waals surface area contributed by atoms with Crippen LogP contribution in [0.4, 0.5) is 13.2 Å². The highest BCUT2D eigenvalue weighted by Crippen LogP contribution is 2.33. The summed E-state index contributed by atoms with van der Waals surface area (Å²) in [5, 5.41) is 10.3. The first-order chi connectivity index (χ1) is 9.77. The number of alkyl halides is 3. The number of halogens is 3. The quantitative estimate of drug-likeness (QED) is 0.922. The van der Waals surface area contributed by atoms with E-state index >= 15 is 0 Å². The average molecular weight is 301 g/mol. The molecule has 1 fully saturated rings. The molecular weight excluding hydrogens is 279 g/mol. The van der Waals surface area contributed by atoms with Crippen molar-refractivity contribution in [2.24, 2.45) is 5.92 Å². The Morgan fingerprint density at radius 2 is 2.05 bits per heavy atom. The number of aliphatic hydroxyl groups excluding tert-OH is 1. The van der Waals surface area contributed by atoms with Crippen LogP contribution >= 0.6 is 0 Å². The molecule has 0 saturated carbocycles. The number of β-amino-alcohol motifs (C(OH)–C–C–N with tert-alkyl or cyclic N) is 1. The predicted molar refractivity (Wildman–Crippen MR) is 76.1 cm³/mol. The van der Waals surface area contributed by atoms with Gasteiger partial charge in [0, 0.05) is 13.1 Å². The molecule has 0 aliphatic carbocycles. The van der Waals surface area contributed by atoms with E-state index < -0.39 is 18.2 Å². The minimum absolute atomic E-state index is 0.00851. The summed E-state index contributed by atoms with van der Waals surface area (Å²) in [6.45, 7) is 4.72. The zero-order chi connectivity index (χ0) is 15.6. The van der Waals surface area contributed by atoms with Gasteiger partial charge >= 0.3 is 6.18 Å². The van der Waals surface area contributed by atoms with Crippen molar-refractivity contribution in [3.8, 4) is 0 Å². The summed E-state index contributed by atoms with van der Waals surface area (Å²) in [4.78, 5) is 1.73. The van der Waals surface area contributed by atoms with E-state index in [-0.39, 0.29) is 19.5 Å². The minimum atomic E-state index is -4.14. The van der Waals surface area contributed by atoms with Crippen molar-refractivity contribution >= 4 is 0 Å². The molecule has 2 unspecified atom stereocenters. The van der Waals surface area contributed by atoms with Crippen LogP contribution < -0.4 is 0 Å². The third-order valence-electron chi connectivity index (χ3n) is 4.19. The molecule has 0 radical (unpaired) electrons. The van der Waals surface area contributed by atoms with E-state index in [0.717, 1.165) is 16.7 Å². The Morgan fingerprint density at radius 1 is 1.33 bits per heavy atom.